The largest absolute Gasteiger partial charge is 0.118 e. The first kappa shape index (κ1) is 8.77. The molecule has 1 heteroatoms. The zero-order valence-corrected chi connectivity index (χ0v) is 6.94. The van der Waals surface area contributed by atoms with Gasteiger partial charge in [0.1, 0.15) is 0 Å². The van der Waals surface area contributed by atoms with E-state index < -0.39 is 0 Å². The average Bonchev–Trinajstić information content (AvgIpc) is 1.82. The van der Waals surface area contributed by atoms with Crippen molar-refractivity contribution in [2.24, 2.45) is 0 Å². The second-order valence-corrected chi connectivity index (χ2v) is 2.71. The summed E-state index contributed by atoms with van der Waals surface area (Å²) in [5, 5.41) is 0.154. The summed E-state index contributed by atoms with van der Waals surface area (Å²) in [5.41, 5.74) is 1.20. The molecule has 52 valence electrons. The van der Waals surface area contributed by atoms with Gasteiger partial charge in [0.05, 0.1) is 5.38 Å². The molecule has 0 saturated heterocycles. The smallest absolute Gasteiger partial charge is 0.0517 e. The normalized spacial score (nSPS) is 16.7. The van der Waals surface area contributed by atoms with Crippen LogP contribution < -0.4 is 0 Å². The average molecular weight is 145 g/mol. The zero-order valence-electron chi connectivity index (χ0n) is 6.19. The number of hydrogen-bond donors (Lipinski definition) is 0. The highest BCUT2D eigenvalue weighted by Crippen LogP contribution is 2.06. The van der Waals surface area contributed by atoms with Crippen molar-refractivity contribution in [2.75, 3.05) is 0 Å². The lowest BCUT2D eigenvalue weighted by Gasteiger charge is -1.98. The summed E-state index contributed by atoms with van der Waals surface area (Å²) in [6.45, 7) is 5.98. The van der Waals surface area contributed by atoms with Crippen molar-refractivity contribution >= 4 is 11.6 Å². The molecule has 0 nitrogen and oxygen atoms in total. The summed E-state index contributed by atoms with van der Waals surface area (Å²) in [4.78, 5) is 0. The molecule has 0 aromatic rings. The Kier molecular flexibility index (Phi) is 4.51. The molecule has 1 atom stereocenters. The van der Waals surface area contributed by atoms with E-state index in [0.29, 0.717) is 0 Å². The lowest BCUT2D eigenvalue weighted by atomic mass is 10.2. The summed E-state index contributed by atoms with van der Waals surface area (Å²) >= 11 is 5.76. The van der Waals surface area contributed by atoms with Crippen LogP contribution in [-0.4, -0.2) is 5.38 Å². The van der Waals surface area contributed by atoms with E-state index >= 15 is 0 Å². The summed E-state index contributed by atoms with van der Waals surface area (Å²) in [7, 11) is 0. The minimum absolute atomic E-state index is 0.154. The van der Waals surface area contributed by atoms with Crippen molar-refractivity contribution in [1.82, 2.24) is 0 Å². The highest BCUT2D eigenvalue weighted by molar-refractivity contribution is 6.22. The molecule has 0 bridgehead atoms. The number of allylic oxidation sites excluding steroid dienone is 4. The van der Waals surface area contributed by atoms with Crippen LogP contribution in [0, 0.1) is 0 Å². The summed E-state index contributed by atoms with van der Waals surface area (Å²) in [6.07, 6.45) is 6.01. The Morgan fingerprint density at radius 2 is 2.11 bits per heavy atom. The van der Waals surface area contributed by atoms with Crippen LogP contribution in [0.15, 0.2) is 23.8 Å². The number of hydrogen-bond acceptors (Lipinski definition) is 0. The van der Waals surface area contributed by atoms with Crippen LogP contribution in [0.4, 0.5) is 0 Å². The topological polar surface area (TPSA) is 0 Å². The molecule has 1 unspecified atom stereocenters. The third-order valence-electron chi connectivity index (χ3n) is 1.18. The van der Waals surface area contributed by atoms with Gasteiger partial charge in [-0.05, 0) is 20.8 Å². The van der Waals surface area contributed by atoms with Gasteiger partial charge < -0.3 is 0 Å². The SMILES string of the molecule is C/C=C\C=C(\C)C(C)Cl. The van der Waals surface area contributed by atoms with E-state index in [-0.39, 0.29) is 5.38 Å². The standard InChI is InChI=1S/C8H13Cl/c1-4-5-6-7(2)8(3)9/h4-6,8H,1-3H3/b5-4-,7-6-. The predicted octanol–water partition coefficient (Wildman–Crippen LogP) is 3.14. The molecule has 0 rings (SSSR count). The zero-order chi connectivity index (χ0) is 7.28. The van der Waals surface area contributed by atoms with Gasteiger partial charge in [0.15, 0.2) is 0 Å². The Labute approximate surface area is 62.2 Å². The summed E-state index contributed by atoms with van der Waals surface area (Å²) < 4.78 is 0. The van der Waals surface area contributed by atoms with Gasteiger partial charge in [0.25, 0.3) is 0 Å². The third kappa shape index (κ3) is 4.28. The summed E-state index contributed by atoms with van der Waals surface area (Å²) in [6, 6.07) is 0. The van der Waals surface area contributed by atoms with Gasteiger partial charge in [-0.15, -0.1) is 11.6 Å². The fourth-order valence-electron chi connectivity index (χ4n) is 0.381. The molecule has 0 radical (unpaired) electrons. The van der Waals surface area contributed by atoms with Crippen LogP contribution in [0.25, 0.3) is 0 Å². The molecule has 0 N–H and O–H groups in total. The molecule has 0 aromatic carbocycles. The molecule has 9 heavy (non-hydrogen) atoms. The number of alkyl halides is 1. The number of halogens is 1. The highest BCUT2D eigenvalue weighted by Gasteiger charge is 1.94. The Bertz CT molecular complexity index is 121. The quantitative estimate of drug-likeness (QED) is 0.413. The van der Waals surface area contributed by atoms with Gasteiger partial charge in [0, 0.05) is 0 Å². The first-order chi connectivity index (χ1) is 4.18. The minimum atomic E-state index is 0.154. The van der Waals surface area contributed by atoms with E-state index in [1.165, 1.54) is 5.57 Å². The van der Waals surface area contributed by atoms with E-state index in [1.807, 2.05) is 39.0 Å². The van der Waals surface area contributed by atoms with Crippen LogP contribution in [0.3, 0.4) is 0 Å². The van der Waals surface area contributed by atoms with Crippen LogP contribution in [0.5, 0.6) is 0 Å². The Hall–Kier alpha value is -0.230. The Morgan fingerprint density at radius 1 is 1.56 bits per heavy atom. The van der Waals surface area contributed by atoms with Crippen molar-refractivity contribution in [3.63, 3.8) is 0 Å². The van der Waals surface area contributed by atoms with Crippen LogP contribution >= 0.6 is 11.6 Å². The van der Waals surface area contributed by atoms with Crippen molar-refractivity contribution in [2.45, 2.75) is 26.1 Å². The molecular formula is C8H13Cl. The third-order valence-corrected chi connectivity index (χ3v) is 1.52. The molecule has 0 amide bonds. The van der Waals surface area contributed by atoms with Crippen LogP contribution in [0.1, 0.15) is 20.8 Å². The van der Waals surface area contributed by atoms with E-state index in [1.54, 1.807) is 0 Å². The van der Waals surface area contributed by atoms with Crippen LogP contribution in [-0.2, 0) is 0 Å². The lowest BCUT2D eigenvalue weighted by Crippen LogP contribution is -1.90. The fourth-order valence-corrected chi connectivity index (χ4v) is 0.453. The van der Waals surface area contributed by atoms with Crippen molar-refractivity contribution in [3.05, 3.63) is 23.8 Å². The second-order valence-electron chi connectivity index (χ2n) is 2.05. The minimum Gasteiger partial charge on any atom is -0.118 e. The monoisotopic (exact) mass is 144 g/mol. The van der Waals surface area contributed by atoms with Crippen molar-refractivity contribution < 1.29 is 0 Å². The first-order valence-electron chi connectivity index (χ1n) is 3.12. The van der Waals surface area contributed by atoms with Gasteiger partial charge in [-0.3, -0.25) is 0 Å². The van der Waals surface area contributed by atoms with E-state index in [4.69, 9.17) is 11.6 Å². The first-order valence-corrected chi connectivity index (χ1v) is 3.55. The van der Waals surface area contributed by atoms with E-state index in [2.05, 4.69) is 0 Å². The number of rotatable bonds is 2. The van der Waals surface area contributed by atoms with Crippen LogP contribution in [0.2, 0.25) is 0 Å². The predicted molar refractivity (Wildman–Crippen MR) is 43.9 cm³/mol. The van der Waals surface area contributed by atoms with Gasteiger partial charge in [-0.25, -0.2) is 0 Å². The van der Waals surface area contributed by atoms with Crippen molar-refractivity contribution in [3.8, 4) is 0 Å². The summed E-state index contributed by atoms with van der Waals surface area (Å²) in [5.74, 6) is 0. The van der Waals surface area contributed by atoms with Crippen molar-refractivity contribution in [1.29, 1.82) is 0 Å². The second kappa shape index (κ2) is 4.63. The lowest BCUT2D eigenvalue weighted by molar-refractivity contribution is 1.11. The highest BCUT2D eigenvalue weighted by atomic mass is 35.5. The van der Waals surface area contributed by atoms with Gasteiger partial charge >= 0.3 is 0 Å². The molecule has 0 fully saturated rings. The van der Waals surface area contributed by atoms with Gasteiger partial charge in [-0.1, -0.05) is 23.8 Å². The maximum Gasteiger partial charge on any atom is 0.0517 e. The van der Waals surface area contributed by atoms with E-state index in [9.17, 15) is 0 Å². The maximum atomic E-state index is 5.76. The van der Waals surface area contributed by atoms with Gasteiger partial charge in [-0.2, -0.15) is 0 Å². The van der Waals surface area contributed by atoms with E-state index in [0.717, 1.165) is 0 Å². The molecular weight excluding hydrogens is 132 g/mol. The maximum absolute atomic E-state index is 5.76. The molecule has 0 heterocycles. The molecule has 0 aliphatic carbocycles. The molecule has 0 spiro atoms. The fraction of sp³-hybridized carbons (Fsp3) is 0.500. The molecule has 0 aromatic heterocycles. The molecule has 0 aliphatic rings. The Balaban J connectivity index is 3.84. The molecule has 0 aliphatic heterocycles. The Morgan fingerprint density at radius 3 is 2.44 bits per heavy atom. The van der Waals surface area contributed by atoms with Gasteiger partial charge in [0.2, 0.25) is 0 Å². The molecule has 0 saturated carbocycles.